The second-order valence-corrected chi connectivity index (χ2v) is 6.61. The van der Waals surface area contributed by atoms with Crippen LogP contribution in [0, 0.1) is 13.8 Å². The van der Waals surface area contributed by atoms with Gasteiger partial charge < -0.3 is 10.6 Å². The van der Waals surface area contributed by atoms with E-state index in [1.54, 1.807) is 6.20 Å². The van der Waals surface area contributed by atoms with Crippen molar-refractivity contribution in [3.8, 4) is 0 Å². The first-order valence-corrected chi connectivity index (χ1v) is 8.60. The Morgan fingerprint density at radius 2 is 2.17 bits per heavy atom. The van der Waals surface area contributed by atoms with Gasteiger partial charge in [0.1, 0.15) is 0 Å². The zero-order chi connectivity index (χ0) is 17.1. The van der Waals surface area contributed by atoms with Crippen molar-refractivity contribution >= 4 is 5.91 Å². The number of likely N-dealkylation sites (tertiary alicyclic amines) is 1. The van der Waals surface area contributed by atoms with Crippen molar-refractivity contribution in [2.75, 3.05) is 13.1 Å². The summed E-state index contributed by atoms with van der Waals surface area (Å²) in [5.41, 5.74) is 10.9. The molecule has 1 aliphatic rings. The highest BCUT2D eigenvalue weighted by Gasteiger charge is 2.26. The Bertz CT molecular complexity index is 741. The molecule has 2 heterocycles. The number of amides is 1. The topological polar surface area (TPSA) is 59.2 Å². The number of piperidine rings is 1. The van der Waals surface area contributed by atoms with Gasteiger partial charge in [-0.05, 0) is 49.4 Å². The molecular weight excluding hydrogens is 298 g/mol. The molecule has 2 N–H and O–H groups in total. The van der Waals surface area contributed by atoms with Gasteiger partial charge in [0.2, 0.25) is 0 Å². The first kappa shape index (κ1) is 16.7. The summed E-state index contributed by atoms with van der Waals surface area (Å²) in [7, 11) is 0. The molecule has 24 heavy (non-hydrogen) atoms. The van der Waals surface area contributed by atoms with Gasteiger partial charge in [0.25, 0.3) is 5.91 Å². The van der Waals surface area contributed by atoms with Crippen LogP contribution in [-0.2, 0) is 6.54 Å². The monoisotopic (exact) mass is 323 g/mol. The number of pyridine rings is 1. The maximum atomic E-state index is 13.0. The minimum absolute atomic E-state index is 0.123. The van der Waals surface area contributed by atoms with Crippen LogP contribution in [0.15, 0.2) is 36.5 Å². The molecule has 1 unspecified atom stereocenters. The highest BCUT2D eigenvalue weighted by atomic mass is 16.2. The van der Waals surface area contributed by atoms with Crippen LogP contribution in [0.25, 0.3) is 0 Å². The normalized spacial score (nSPS) is 17.8. The van der Waals surface area contributed by atoms with Gasteiger partial charge in [-0.2, -0.15) is 0 Å². The smallest absolute Gasteiger partial charge is 0.254 e. The van der Waals surface area contributed by atoms with Crippen LogP contribution in [-0.4, -0.2) is 28.9 Å². The number of carbonyl (C=O) groups excluding carboxylic acids is 1. The number of benzene rings is 1. The van der Waals surface area contributed by atoms with Crippen LogP contribution in [0.5, 0.6) is 0 Å². The van der Waals surface area contributed by atoms with Gasteiger partial charge in [-0.3, -0.25) is 9.78 Å². The minimum atomic E-state index is 0.123. The average Bonchev–Trinajstić information content (AvgIpc) is 2.63. The summed E-state index contributed by atoms with van der Waals surface area (Å²) in [6.45, 7) is 6.07. The summed E-state index contributed by atoms with van der Waals surface area (Å²) in [6.07, 6.45) is 3.88. The fraction of sp³-hybridized carbons (Fsp3) is 0.400. The van der Waals surface area contributed by atoms with E-state index >= 15 is 0 Å². The molecule has 3 rings (SSSR count). The number of aromatic nitrogens is 1. The summed E-state index contributed by atoms with van der Waals surface area (Å²) in [6, 6.07) is 10.3. The van der Waals surface area contributed by atoms with Gasteiger partial charge in [-0.25, -0.2) is 0 Å². The van der Waals surface area contributed by atoms with Gasteiger partial charge in [0.05, 0.1) is 0 Å². The lowest BCUT2D eigenvalue weighted by Gasteiger charge is -2.33. The van der Waals surface area contributed by atoms with E-state index in [0.717, 1.165) is 48.3 Å². The van der Waals surface area contributed by atoms with Crippen molar-refractivity contribution in [2.45, 2.75) is 39.2 Å². The largest absolute Gasteiger partial charge is 0.338 e. The van der Waals surface area contributed by atoms with Crippen LogP contribution in [0.4, 0.5) is 0 Å². The Kier molecular flexibility index (Phi) is 4.95. The summed E-state index contributed by atoms with van der Waals surface area (Å²) in [5, 5.41) is 0. The fourth-order valence-corrected chi connectivity index (χ4v) is 3.45. The molecule has 1 aromatic heterocycles. The standard InChI is InChI=1S/C20H25N3O/c1-14-15(2)22-9-8-19(14)20(24)23-10-4-7-18(13-23)17-6-3-5-16(11-17)12-21/h3,5-6,8-9,11,18H,4,7,10,12-13,21H2,1-2H3. The van der Waals surface area contributed by atoms with Crippen LogP contribution in [0.1, 0.15) is 51.5 Å². The van der Waals surface area contributed by atoms with Crippen LogP contribution in [0.2, 0.25) is 0 Å². The maximum absolute atomic E-state index is 13.0. The number of rotatable bonds is 3. The summed E-state index contributed by atoms with van der Waals surface area (Å²) in [4.78, 5) is 19.2. The van der Waals surface area contributed by atoms with Crippen molar-refractivity contribution in [3.05, 3.63) is 64.5 Å². The van der Waals surface area contributed by atoms with E-state index < -0.39 is 0 Å². The lowest BCUT2D eigenvalue weighted by molar-refractivity contribution is 0.0706. The van der Waals surface area contributed by atoms with Crippen LogP contribution < -0.4 is 5.73 Å². The molecule has 1 saturated heterocycles. The first-order chi connectivity index (χ1) is 11.6. The average molecular weight is 323 g/mol. The highest BCUT2D eigenvalue weighted by molar-refractivity contribution is 5.95. The zero-order valence-corrected chi connectivity index (χ0v) is 14.5. The van der Waals surface area contributed by atoms with Crippen molar-refractivity contribution in [3.63, 3.8) is 0 Å². The molecule has 2 aromatic rings. The molecule has 1 aliphatic heterocycles. The molecule has 1 aromatic carbocycles. The Balaban J connectivity index is 1.80. The van der Waals surface area contributed by atoms with E-state index in [1.165, 1.54) is 5.56 Å². The second-order valence-electron chi connectivity index (χ2n) is 6.61. The molecule has 126 valence electrons. The minimum Gasteiger partial charge on any atom is -0.338 e. The van der Waals surface area contributed by atoms with Gasteiger partial charge in [0.15, 0.2) is 0 Å². The van der Waals surface area contributed by atoms with E-state index in [9.17, 15) is 4.79 Å². The van der Waals surface area contributed by atoms with Crippen molar-refractivity contribution < 1.29 is 4.79 Å². The summed E-state index contributed by atoms with van der Waals surface area (Å²) < 4.78 is 0. The van der Waals surface area contributed by atoms with Gasteiger partial charge in [-0.1, -0.05) is 24.3 Å². The van der Waals surface area contributed by atoms with E-state index in [2.05, 4.69) is 29.2 Å². The Morgan fingerprint density at radius 1 is 1.33 bits per heavy atom. The highest BCUT2D eigenvalue weighted by Crippen LogP contribution is 2.28. The number of nitrogens with zero attached hydrogens (tertiary/aromatic N) is 2. The lowest BCUT2D eigenvalue weighted by Crippen LogP contribution is -2.39. The number of nitrogens with two attached hydrogens (primary N) is 1. The summed E-state index contributed by atoms with van der Waals surface area (Å²) >= 11 is 0. The van der Waals surface area contributed by atoms with E-state index in [4.69, 9.17) is 5.73 Å². The molecule has 4 nitrogen and oxygen atoms in total. The third kappa shape index (κ3) is 3.34. The number of carbonyl (C=O) groups is 1. The Labute approximate surface area is 143 Å². The molecule has 0 spiro atoms. The van der Waals surface area contributed by atoms with Crippen molar-refractivity contribution in [2.24, 2.45) is 5.73 Å². The van der Waals surface area contributed by atoms with E-state index in [0.29, 0.717) is 12.5 Å². The first-order valence-electron chi connectivity index (χ1n) is 8.60. The third-order valence-electron chi connectivity index (χ3n) is 5.05. The predicted molar refractivity (Wildman–Crippen MR) is 95.9 cm³/mol. The Hall–Kier alpha value is -2.20. The number of aryl methyl sites for hydroxylation is 1. The third-order valence-corrected chi connectivity index (χ3v) is 5.05. The fourth-order valence-electron chi connectivity index (χ4n) is 3.45. The number of hydrogen-bond acceptors (Lipinski definition) is 3. The molecule has 0 saturated carbocycles. The molecule has 4 heteroatoms. The second kappa shape index (κ2) is 7.14. The molecule has 0 aliphatic carbocycles. The van der Waals surface area contributed by atoms with Gasteiger partial charge in [-0.15, -0.1) is 0 Å². The maximum Gasteiger partial charge on any atom is 0.254 e. The molecule has 0 bridgehead atoms. The summed E-state index contributed by atoms with van der Waals surface area (Å²) in [5.74, 6) is 0.509. The molecule has 0 radical (unpaired) electrons. The molecular formula is C20H25N3O. The molecule has 1 amide bonds. The molecule has 1 atom stereocenters. The van der Waals surface area contributed by atoms with Gasteiger partial charge in [0, 0.05) is 43.0 Å². The van der Waals surface area contributed by atoms with Crippen LogP contribution >= 0.6 is 0 Å². The van der Waals surface area contributed by atoms with Crippen LogP contribution in [0.3, 0.4) is 0 Å². The predicted octanol–water partition coefficient (Wildman–Crippen LogP) is 3.18. The SMILES string of the molecule is Cc1nccc(C(=O)N2CCCC(c3cccc(CN)c3)C2)c1C. The quantitative estimate of drug-likeness (QED) is 0.944. The van der Waals surface area contributed by atoms with E-state index in [1.807, 2.05) is 24.8 Å². The van der Waals surface area contributed by atoms with Crippen molar-refractivity contribution in [1.82, 2.24) is 9.88 Å². The van der Waals surface area contributed by atoms with E-state index in [-0.39, 0.29) is 5.91 Å². The number of hydrogen-bond donors (Lipinski definition) is 1. The zero-order valence-electron chi connectivity index (χ0n) is 14.5. The van der Waals surface area contributed by atoms with Crippen molar-refractivity contribution in [1.29, 1.82) is 0 Å². The molecule has 1 fully saturated rings. The van der Waals surface area contributed by atoms with Gasteiger partial charge >= 0.3 is 0 Å². The lowest BCUT2D eigenvalue weighted by atomic mass is 9.89. The Morgan fingerprint density at radius 3 is 2.96 bits per heavy atom.